The lowest BCUT2D eigenvalue weighted by molar-refractivity contribution is -0.146. The summed E-state index contributed by atoms with van der Waals surface area (Å²) in [5.41, 5.74) is 2.90. The summed E-state index contributed by atoms with van der Waals surface area (Å²) in [6.07, 6.45) is 5.75. The Morgan fingerprint density at radius 2 is 2.14 bits per heavy atom. The predicted molar refractivity (Wildman–Crippen MR) is 107 cm³/mol. The molecule has 0 amide bonds. The Bertz CT molecular complexity index is 886. The molecule has 5 heteroatoms. The molecular weight excluding hydrogens is 366 g/mol. The standard InChI is InChI=1S/C24H29NO4/c1-3-29-23(28)16(13-25)10-15-11-19-14(12-21(15)26)4-5-18-17(19)8-9-24(2)20(18)6-7-22(24)27/h11-12,16-18,20,26H,3-10H2,1-2H3/t16?,17-,18+,20-,24-/m0/s1. The molecular formula is C24H29NO4. The first kappa shape index (κ1) is 19.9. The molecule has 154 valence electrons. The van der Waals surface area contributed by atoms with E-state index in [0.717, 1.165) is 32.1 Å². The number of benzene rings is 1. The first-order chi connectivity index (χ1) is 13.9. The average Bonchev–Trinajstić information content (AvgIpc) is 3.01. The zero-order chi connectivity index (χ0) is 20.8. The quantitative estimate of drug-likeness (QED) is 0.777. The second-order valence-electron chi connectivity index (χ2n) is 9.15. The second kappa shape index (κ2) is 7.48. The van der Waals surface area contributed by atoms with Crippen LogP contribution in [0, 0.1) is 34.5 Å². The molecule has 0 heterocycles. The number of aryl methyl sites for hydroxylation is 1. The Labute approximate surface area is 172 Å². The molecule has 2 fully saturated rings. The summed E-state index contributed by atoms with van der Waals surface area (Å²) >= 11 is 0. The molecule has 1 N–H and O–H groups in total. The average molecular weight is 395 g/mol. The monoisotopic (exact) mass is 395 g/mol. The molecule has 1 unspecified atom stereocenters. The number of hydrogen-bond acceptors (Lipinski definition) is 5. The number of hydrogen-bond donors (Lipinski definition) is 1. The zero-order valence-corrected chi connectivity index (χ0v) is 17.2. The van der Waals surface area contributed by atoms with Gasteiger partial charge in [0.2, 0.25) is 0 Å². The van der Waals surface area contributed by atoms with E-state index >= 15 is 0 Å². The van der Waals surface area contributed by atoms with Gasteiger partial charge in [0.05, 0.1) is 12.7 Å². The molecule has 2 saturated carbocycles. The summed E-state index contributed by atoms with van der Waals surface area (Å²) in [4.78, 5) is 24.6. The van der Waals surface area contributed by atoms with Crippen LogP contribution in [0.5, 0.6) is 5.75 Å². The number of rotatable bonds is 4. The summed E-state index contributed by atoms with van der Waals surface area (Å²) in [6.45, 7) is 4.11. The lowest BCUT2D eigenvalue weighted by Crippen LogP contribution is -2.42. The van der Waals surface area contributed by atoms with E-state index in [1.165, 1.54) is 11.1 Å². The predicted octanol–water partition coefficient (Wildman–Crippen LogP) is 4.06. The lowest BCUT2D eigenvalue weighted by atomic mass is 9.55. The summed E-state index contributed by atoms with van der Waals surface area (Å²) in [5.74, 6) is 0.480. The highest BCUT2D eigenvalue weighted by Gasteiger charge is 2.54. The van der Waals surface area contributed by atoms with Gasteiger partial charge in [-0.05, 0) is 79.5 Å². The van der Waals surface area contributed by atoms with Crippen molar-refractivity contribution >= 4 is 11.8 Å². The molecule has 5 atom stereocenters. The van der Waals surface area contributed by atoms with Crippen LogP contribution in [0.1, 0.15) is 68.6 Å². The molecule has 0 bridgehead atoms. The Balaban J connectivity index is 1.63. The topological polar surface area (TPSA) is 87.4 Å². The highest BCUT2D eigenvalue weighted by Crippen LogP contribution is 2.59. The minimum absolute atomic E-state index is 0.156. The summed E-state index contributed by atoms with van der Waals surface area (Å²) < 4.78 is 5.00. The van der Waals surface area contributed by atoms with E-state index in [2.05, 4.69) is 6.92 Å². The number of nitriles is 1. The number of carbonyl (C=O) groups is 2. The normalized spacial score (nSPS) is 31.2. The summed E-state index contributed by atoms with van der Waals surface area (Å²) in [6, 6.07) is 5.86. The van der Waals surface area contributed by atoms with Crippen molar-refractivity contribution in [3.05, 3.63) is 28.8 Å². The minimum atomic E-state index is -0.916. The Morgan fingerprint density at radius 3 is 2.86 bits per heavy atom. The third kappa shape index (κ3) is 3.23. The first-order valence-corrected chi connectivity index (χ1v) is 10.8. The maximum absolute atomic E-state index is 12.5. The highest BCUT2D eigenvalue weighted by molar-refractivity contribution is 5.87. The van der Waals surface area contributed by atoms with E-state index < -0.39 is 11.9 Å². The van der Waals surface area contributed by atoms with Crippen LogP contribution in [0.4, 0.5) is 0 Å². The number of phenols is 1. The maximum Gasteiger partial charge on any atom is 0.323 e. The molecule has 4 rings (SSSR count). The Hall–Kier alpha value is -2.35. The number of ketones is 1. The van der Waals surface area contributed by atoms with Crippen LogP contribution in [0.25, 0.3) is 0 Å². The third-order valence-corrected chi connectivity index (χ3v) is 7.78. The fraction of sp³-hybridized carbons (Fsp3) is 0.625. The van der Waals surface area contributed by atoms with E-state index in [9.17, 15) is 20.0 Å². The van der Waals surface area contributed by atoms with Crippen LogP contribution < -0.4 is 0 Å². The van der Waals surface area contributed by atoms with Gasteiger partial charge in [-0.2, -0.15) is 5.26 Å². The van der Waals surface area contributed by atoms with Gasteiger partial charge >= 0.3 is 5.97 Å². The van der Waals surface area contributed by atoms with Gasteiger partial charge in [0.1, 0.15) is 17.5 Å². The van der Waals surface area contributed by atoms with Crippen molar-refractivity contribution in [2.24, 2.45) is 23.2 Å². The van der Waals surface area contributed by atoms with Crippen molar-refractivity contribution in [1.82, 2.24) is 0 Å². The van der Waals surface area contributed by atoms with E-state index in [1.807, 2.05) is 18.2 Å². The maximum atomic E-state index is 12.5. The van der Waals surface area contributed by atoms with Crippen LogP contribution in [0.2, 0.25) is 0 Å². The number of carbonyl (C=O) groups excluding carboxylic acids is 2. The smallest absolute Gasteiger partial charge is 0.323 e. The number of ether oxygens (including phenoxy) is 1. The Kier molecular flexibility index (Phi) is 5.14. The van der Waals surface area contributed by atoms with Gasteiger partial charge in [-0.25, -0.2) is 0 Å². The van der Waals surface area contributed by atoms with E-state index in [-0.39, 0.29) is 24.2 Å². The van der Waals surface area contributed by atoms with Crippen molar-refractivity contribution in [1.29, 1.82) is 5.26 Å². The number of fused-ring (bicyclic) bond motifs is 5. The minimum Gasteiger partial charge on any atom is -0.508 e. The molecule has 5 nitrogen and oxygen atoms in total. The molecule has 0 spiro atoms. The van der Waals surface area contributed by atoms with Gasteiger partial charge < -0.3 is 9.84 Å². The number of aromatic hydroxyl groups is 1. The van der Waals surface area contributed by atoms with Crippen LogP contribution in [0.3, 0.4) is 0 Å². The van der Waals surface area contributed by atoms with Gasteiger partial charge in [0.25, 0.3) is 0 Å². The third-order valence-electron chi connectivity index (χ3n) is 7.78. The molecule has 29 heavy (non-hydrogen) atoms. The van der Waals surface area contributed by atoms with Crippen LogP contribution in [-0.4, -0.2) is 23.5 Å². The van der Waals surface area contributed by atoms with Crippen molar-refractivity contribution in [2.75, 3.05) is 6.61 Å². The SMILES string of the molecule is CCOC(=O)C(C#N)Cc1cc2c(cc1O)CC[C@@H]1[C@@H]2CC[C@]2(C)C(=O)CC[C@@H]12. The molecule has 3 aliphatic rings. The first-order valence-electron chi connectivity index (χ1n) is 10.8. The van der Waals surface area contributed by atoms with Gasteiger partial charge in [-0.3, -0.25) is 9.59 Å². The molecule has 0 aliphatic heterocycles. The molecule has 1 aromatic carbocycles. The van der Waals surface area contributed by atoms with Crippen molar-refractivity contribution in [2.45, 2.75) is 64.7 Å². The van der Waals surface area contributed by atoms with Gasteiger partial charge in [0.15, 0.2) is 0 Å². The zero-order valence-electron chi connectivity index (χ0n) is 17.2. The van der Waals surface area contributed by atoms with Crippen LogP contribution >= 0.6 is 0 Å². The number of phenolic OH excluding ortho intramolecular Hbond substituents is 1. The van der Waals surface area contributed by atoms with E-state index in [0.29, 0.717) is 35.5 Å². The van der Waals surface area contributed by atoms with Gasteiger partial charge in [-0.15, -0.1) is 0 Å². The fourth-order valence-electron chi connectivity index (χ4n) is 6.23. The summed E-state index contributed by atoms with van der Waals surface area (Å²) in [7, 11) is 0. The van der Waals surface area contributed by atoms with Crippen molar-refractivity contribution in [3.63, 3.8) is 0 Å². The summed E-state index contributed by atoms with van der Waals surface area (Å²) in [5, 5.41) is 19.9. The van der Waals surface area contributed by atoms with Crippen LogP contribution in [-0.2, 0) is 27.2 Å². The molecule has 0 radical (unpaired) electrons. The van der Waals surface area contributed by atoms with E-state index in [1.54, 1.807) is 6.92 Å². The molecule has 1 aromatic rings. The number of Topliss-reactive ketones (excluding diaryl/α,β-unsaturated/α-hetero) is 1. The second-order valence-corrected chi connectivity index (χ2v) is 9.15. The molecule has 3 aliphatic carbocycles. The van der Waals surface area contributed by atoms with Crippen molar-refractivity contribution < 1.29 is 19.4 Å². The van der Waals surface area contributed by atoms with Gasteiger partial charge in [-0.1, -0.05) is 13.0 Å². The highest BCUT2D eigenvalue weighted by atomic mass is 16.5. The van der Waals surface area contributed by atoms with Crippen LogP contribution in [0.15, 0.2) is 12.1 Å². The van der Waals surface area contributed by atoms with E-state index in [4.69, 9.17) is 4.74 Å². The number of esters is 1. The van der Waals surface area contributed by atoms with Gasteiger partial charge in [0, 0.05) is 18.3 Å². The van der Waals surface area contributed by atoms with Crippen molar-refractivity contribution in [3.8, 4) is 11.8 Å². The fourth-order valence-corrected chi connectivity index (χ4v) is 6.23. The Morgan fingerprint density at radius 1 is 1.34 bits per heavy atom. The molecule has 0 aromatic heterocycles. The lowest BCUT2D eigenvalue weighted by Gasteiger charge is -2.48. The number of nitrogens with zero attached hydrogens (tertiary/aromatic N) is 1. The molecule has 0 saturated heterocycles. The largest absolute Gasteiger partial charge is 0.508 e.